The highest BCUT2D eigenvalue weighted by atomic mass is 16.4. The Balaban J connectivity index is 1.94. The Labute approximate surface area is 122 Å². The molecule has 0 heterocycles. The lowest BCUT2D eigenvalue weighted by Gasteiger charge is -1.99. The zero-order chi connectivity index (χ0) is 14.8. The summed E-state index contributed by atoms with van der Waals surface area (Å²) in [6.45, 7) is 1.71. The van der Waals surface area contributed by atoms with Gasteiger partial charge < -0.3 is 10.2 Å². The van der Waals surface area contributed by atoms with Crippen molar-refractivity contribution in [2.24, 2.45) is 11.8 Å². The minimum absolute atomic E-state index is 0.312. The Kier molecular flexibility index (Phi) is 8.06. The maximum absolute atomic E-state index is 10.4. The average molecular weight is 278 g/mol. The lowest BCUT2D eigenvalue weighted by Crippen LogP contribution is -1.94. The van der Waals surface area contributed by atoms with Crippen LogP contribution >= 0.6 is 0 Å². The molecule has 2 N–H and O–H groups in total. The topological polar surface area (TPSA) is 57.5 Å². The quantitative estimate of drug-likeness (QED) is 0.502. The molecule has 0 aromatic heterocycles. The molecule has 3 atom stereocenters. The van der Waals surface area contributed by atoms with Crippen molar-refractivity contribution in [1.82, 2.24) is 0 Å². The first-order valence-electron chi connectivity index (χ1n) is 7.64. The normalized spacial score (nSPS) is 22.3. The molecule has 0 aliphatic heterocycles. The summed E-state index contributed by atoms with van der Waals surface area (Å²) in [6.07, 6.45) is 11.0. The zero-order valence-corrected chi connectivity index (χ0v) is 12.3. The fourth-order valence-electron chi connectivity index (χ4n) is 2.47. The maximum Gasteiger partial charge on any atom is 0.303 e. The number of aliphatic carboxylic acids is 1. The van der Waals surface area contributed by atoms with E-state index in [0.717, 1.165) is 37.5 Å². The van der Waals surface area contributed by atoms with Crippen molar-refractivity contribution < 1.29 is 15.0 Å². The molecule has 20 heavy (non-hydrogen) atoms. The lowest BCUT2D eigenvalue weighted by atomic mass is 10.1. The van der Waals surface area contributed by atoms with Crippen LogP contribution in [0.25, 0.3) is 0 Å². The van der Waals surface area contributed by atoms with Gasteiger partial charge in [0.2, 0.25) is 0 Å². The molecular formula is C17H26O3. The SMILES string of the molecule is CC(O)/C=C/C#CCCCC1CC1CCCCC(=O)O. The van der Waals surface area contributed by atoms with E-state index in [1.54, 1.807) is 19.1 Å². The molecule has 112 valence electrons. The van der Waals surface area contributed by atoms with Gasteiger partial charge in [0.25, 0.3) is 0 Å². The Bertz CT molecular complexity index is 373. The van der Waals surface area contributed by atoms with Gasteiger partial charge in [-0.3, -0.25) is 4.79 Å². The number of hydrogen-bond donors (Lipinski definition) is 2. The molecule has 0 bridgehead atoms. The largest absolute Gasteiger partial charge is 0.481 e. The smallest absolute Gasteiger partial charge is 0.303 e. The molecule has 0 radical (unpaired) electrons. The van der Waals surface area contributed by atoms with Gasteiger partial charge in [-0.2, -0.15) is 0 Å². The third-order valence-corrected chi connectivity index (χ3v) is 3.72. The first-order valence-corrected chi connectivity index (χ1v) is 7.64. The van der Waals surface area contributed by atoms with Crippen molar-refractivity contribution in [3.8, 4) is 11.8 Å². The van der Waals surface area contributed by atoms with Crippen LogP contribution in [-0.2, 0) is 4.79 Å². The Morgan fingerprint density at radius 2 is 2.00 bits per heavy atom. The van der Waals surface area contributed by atoms with Gasteiger partial charge in [-0.1, -0.05) is 24.7 Å². The fraction of sp³-hybridized carbons (Fsp3) is 0.706. The molecule has 1 aliphatic rings. The number of carboxylic acid groups (broad SMARTS) is 1. The van der Waals surface area contributed by atoms with Crippen molar-refractivity contribution in [3.63, 3.8) is 0 Å². The first kappa shape index (κ1) is 16.8. The summed E-state index contributed by atoms with van der Waals surface area (Å²) in [4.78, 5) is 10.4. The summed E-state index contributed by atoms with van der Waals surface area (Å²) in [7, 11) is 0. The van der Waals surface area contributed by atoms with Crippen molar-refractivity contribution in [1.29, 1.82) is 0 Å². The van der Waals surface area contributed by atoms with E-state index < -0.39 is 12.1 Å². The number of hydrogen-bond acceptors (Lipinski definition) is 2. The molecule has 3 nitrogen and oxygen atoms in total. The highest BCUT2D eigenvalue weighted by Gasteiger charge is 2.35. The number of carboxylic acids is 1. The predicted molar refractivity (Wildman–Crippen MR) is 80.1 cm³/mol. The first-order chi connectivity index (χ1) is 9.59. The van der Waals surface area contributed by atoms with Gasteiger partial charge in [0.1, 0.15) is 0 Å². The molecule has 3 heteroatoms. The van der Waals surface area contributed by atoms with E-state index in [4.69, 9.17) is 10.2 Å². The number of unbranched alkanes of at least 4 members (excludes halogenated alkanes) is 2. The van der Waals surface area contributed by atoms with Crippen LogP contribution in [-0.4, -0.2) is 22.3 Å². The predicted octanol–water partition coefficient (Wildman–Crippen LogP) is 3.38. The molecule has 1 fully saturated rings. The number of allylic oxidation sites excluding steroid dienone is 1. The minimum atomic E-state index is -0.680. The van der Waals surface area contributed by atoms with Crippen molar-refractivity contribution in [2.45, 2.75) is 64.4 Å². The van der Waals surface area contributed by atoms with E-state index in [0.29, 0.717) is 6.42 Å². The second-order valence-corrected chi connectivity index (χ2v) is 5.71. The average Bonchev–Trinajstić information content (AvgIpc) is 3.11. The van der Waals surface area contributed by atoms with Crippen LogP contribution in [0.3, 0.4) is 0 Å². The zero-order valence-electron chi connectivity index (χ0n) is 12.3. The van der Waals surface area contributed by atoms with E-state index in [-0.39, 0.29) is 0 Å². The van der Waals surface area contributed by atoms with Crippen LogP contribution in [0, 0.1) is 23.7 Å². The van der Waals surface area contributed by atoms with Gasteiger partial charge in [-0.15, -0.1) is 0 Å². The second-order valence-electron chi connectivity index (χ2n) is 5.71. The van der Waals surface area contributed by atoms with E-state index in [9.17, 15) is 4.79 Å². The van der Waals surface area contributed by atoms with Gasteiger partial charge in [-0.05, 0) is 56.6 Å². The number of carbonyl (C=O) groups is 1. The molecule has 3 unspecified atom stereocenters. The summed E-state index contributed by atoms with van der Waals surface area (Å²) < 4.78 is 0. The van der Waals surface area contributed by atoms with Gasteiger partial charge in [-0.25, -0.2) is 0 Å². The number of aliphatic hydroxyl groups is 1. The van der Waals surface area contributed by atoms with Crippen LogP contribution in [0.4, 0.5) is 0 Å². The van der Waals surface area contributed by atoms with E-state index in [1.807, 2.05) is 0 Å². The molecular weight excluding hydrogens is 252 g/mol. The maximum atomic E-state index is 10.4. The van der Waals surface area contributed by atoms with Crippen LogP contribution in [0.1, 0.15) is 58.3 Å². The third-order valence-electron chi connectivity index (χ3n) is 3.72. The van der Waals surface area contributed by atoms with Crippen molar-refractivity contribution >= 4 is 5.97 Å². The molecule has 0 amide bonds. The molecule has 0 saturated heterocycles. The lowest BCUT2D eigenvalue weighted by molar-refractivity contribution is -0.137. The standard InChI is InChI=1S/C17H26O3/c1-14(18)9-5-3-2-4-6-10-15-13-16(15)11-7-8-12-17(19)20/h5,9,14-16,18H,4,6-8,10-13H2,1H3,(H,19,20)/b9-5+. The highest BCUT2D eigenvalue weighted by Crippen LogP contribution is 2.45. The van der Waals surface area contributed by atoms with Gasteiger partial charge in [0.15, 0.2) is 0 Å². The van der Waals surface area contributed by atoms with Crippen LogP contribution in [0.5, 0.6) is 0 Å². The molecule has 1 aliphatic carbocycles. The van der Waals surface area contributed by atoms with Gasteiger partial charge in [0.05, 0.1) is 6.10 Å². The summed E-state index contributed by atoms with van der Waals surface area (Å²) in [5.41, 5.74) is 0. The summed E-state index contributed by atoms with van der Waals surface area (Å²) >= 11 is 0. The van der Waals surface area contributed by atoms with E-state index in [2.05, 4.69) is 11.8 Å². The van der Waals surface area contributed by atoms with Crippen LogP contribution < -0.4 is 0 Å². The summed E-state index contributed by atoms with van der Waals surface area (Å²) in [5.74, 6) is 7.03. The monoisotopic (exact) mass is 278 g/mol. The molecule has 0 spiro atoms. The van der Waals surface area contributed by atoms with Crippen LogP contribution in [0.2, 0.25) is 0 Å². The Morgan fingerprint density at radius 1 is 1.30 bits per heavy atom. The number of aliphatic hydroxyl groups excluding tert-OH is 1. The summed E-state index contributed by atoms with van der Waals surface area (Å²) in [5, 5.41) is 17.5. The summed E-state index contributed by atoms with van der Waals surface area (Å²) in [6, 6.07) is 0. The highest BCUT2D eigenvalue weighted by molar-refractivity contribution is 5.66. The Morgan fingerprint density at radius 3 is 2.65 bits per heavy atom. The van der Waals surface area contributed by atoms with Gasteiger partial charge >= 0.3 is 5.97 Å². The third kappa shape index (κ3) is 8.77. The van der Waals surface area contributed by atoms with E-state index >= 15 is 0 Å². The molecule has 0 aromatic rings. The minimum Gasteiger partial charge on any atom is -0.481 e. The van der Waals surface area contributed by atoms with E-state index in [1.165, 1.54) is 19.3 Å². The Hall–Kier alpha value is -1.27. The van der Waals surface area contributed by atoms with Crippen molar-refractivity contribution in [3.05, 3.63) is 12.2 Å². The second kappa shape index (κ2) is 9.61. The van der Waals surface area contributed by atoms with Crippen molar-refractivity contribution in [2.75, 3.05) is 0 Å². The van der Waals surface area contributed by atoms with Gasteiger partial charge in [0, 0.05) is 12.8 Å². The molecule has 0 aromatic carbocycles. The number of rotatable bonds is 9. The molecule has 1 rings (SSSR count). The van der Waals surface area contributed by atoms with Crippen LogP contribution in [0.15, 0.2) is 12.2 Å². The fourth-order valence-corrected chi connectivity index (χ4v) is 2.47. The molecule has 1 saturated carbocycles.